The summed E-state index contributed by atoms with van der Waals surface area (Å²) in [5.74, 6) is 0.00270. The van der Waals surface area contributed by atoms with Gasteiger partial charge >= 0.3 is 0 Å². The number of ether oxygens (including phenoxy) is 1. The molecule has 0 unspecified atom stereocenters. The molecule has 3 aromatic rings. The van der Waals surface area contributed by atoms with Crippen LogP contribution in [0, 0.1) is 6.92 Å². The van der Waals surface area contributed by atoms with E-state index >= 15 is 0 Å². The summed E-state index contributed by atoms with van der Waals surface area (Å²) in [7, 11) is 0. The molecule has 1 atom stereocenters. The number of hydrogen-bond acceptors (Lipinski definition) is 5. The average molecular weight is 367 g/mol. The molecule has 1 saturated heterocycles. The summed E-state index contributed by atoms with van der Waals surface area (Å²) in [4.78, 5) is 19.5. The number of aryl methyl sites for hydroxylation is 1. The van der Waals surface area contributed by atoms with Gasteiger partial charge < -0.3 is 15.4 Å². The first kappa shape index (κ1) is 17.0. The lowest BCUT2D eigenvalue weighted by Crippen LogP contribution is -2.46. The van der Waals surface area contributed by atoms with Crippen molar-refractivity contribution in [3.63, 3.8) is 0 Å². The Morgan fingerprint density at radius 1 is 1.31 bits per heavy atom. The summed E-state index contributed by atoms with van der Waals surface area (Å²) >= 11 is 1.26. The van der Waals surface area contributed by atoms with Gasteiger partial charge in [-0.1, -0.05) is 53.8 Å². The lowest BCUT2D eigenvalue weighted by Gasteiger charge is -2.33. The zero-order valence-electron chi connectivity index (χ0n) is 14.6. The van der Waals surface area contributed by atoms with Gasteiger partial charge in [0.15, 0.2) is 5.13 Å². The summed E-state index contributed by atoms with van der Waals surface area (Å²) < 4.78 is 5.95. The quantitative estimate of drug-likeness (QED) is 0.771. The Bertz CT molecular complexity index is 948. The predicted octanol–water partition coefficient (Wildman–Crippen LogP) is 3.27. The first-order valence-electron chi connectivity index (χ1n) is 8.72. The van der Waals surface area contributed by atoms with Gasteiger partial charge in [0, 0.05) is 19.5 Å². The fourth-order valence-electron chi connectivity index (χ4n) is 3.50. The molecule has 0 saturated carbocycles. The third-order valence-electron chi connectivity index (χ3n) is 4.76. The topological polar surface area (TPSA) is 68.5 Å². The van der Waals surface area contributed by atoms with Crippen LogP contribution in [-0.4, -0.2) is 41.6 Å². The molecule has 26 heavy (non-hydrogen) atoms. The monoisotopic (exact) mass is 367 g/mol. The van der Waals surface area contributed by atoms with E-state index in [9.17, 15) is 4.79 Å². The number of carbonyl (C=O) groups excluding carboxylic acids is 1. The van der Waals surface area contributed by atoms with Crippen molar-refractivity contribution in [3.8, 4) is 0 Å². The highest BCUT2D eigenvalue weighted by atomic mass is 32.1. The molecule has 2 heterocycles. The number of aromatic nitrogens is 1. The smallest absolute Gasteiger partial charge is 0.266 e. The molecule has 1 amide bonds. The van der Waals surface area contributed by atoms with Gasteiger partial charge in [-0.2, -0.15) is 0 Å². The molecule has 2 aromatic carbocycles. The van der Waals surface area contributed by atoms with Crippen molar-refractivity contribution in [3.05, 3.63) is 58.6 Å². The zero-order valence-corrected chi connectivity index (χ0v) is 15.5. The highest BCUT2D eigenvalue weighted by Gasteiger charge is 2.27. The normalized spacial score (nSPS) is 17.6. The molecule has 1 aliphatic rings. The van der Waals surface area contributed by atoms with E-state index in [0.717, 1.165) is 6.42 Å². The number of nitrogens with two attached hydrogens (primary N) is 1. The van der Waals surface area contributed by atoms with Crippen molar-refractivity contribution >= 4 is 33.1 Å². The highest BCUT2D eigenvalue weighted by Crippen LogP contribution is 2.24. The molecule has 5 nitrogen and oxygen atoms in total. The van der Waals surface area contributed by atoms with Crippen LogP contribution < -0.4 is 5.73 Å². The summed E-state index contributed by atoms with van der Waals surface area (Å²) in [5, 5.41) is 2.91. The van der Waals surface area contributed by atoms with E-state index in [2.05, 4.69) is 41.4 Å². The van der Waals surface area contributed by atoms with Crippen molar-refractivity contribution in [2.24, 2.45) is 0 Å². The molecule has 1 aromatic heterocycles. The SMILES string of the molecule is Cc1nc(N)sc1C(=O)N1CCO[C@H](Cc2cccc3ccccc23)C1. The third-order valence-corrected chi connectivity index (χ3v) is 5.74. The van der Waals surface area contributed by atoms with E-state index < -0.39 is 0 Å². The van der Waals surface area contributed by atoms with Gasteiger partial charge in [0.25, 0.3) is 5.91 Å². The largest absolute Gasteiger partial charge is 0.375 e. The molecule has 134 valence electrons. The minimum Gasteiger partial charge on any atom is -0.375 e. The number of thiazole rings is 1. The van der Waals surface area contributed by atoms with Crippen LogP contribution in [0.25, 0.3) is 10.8 Å². The Morgan fingerprint density at radius 2 is 2.12 bits per heavy atom. The second-order valence-corrected chi connectivity index (χ2v) is 7.58. The van der Waals surface area contributed by atoms with Crippen LogP contribution in [0.5, 0.6) is 0 Å². The Hall–Kier alpha value is -2.44. The fraction of sp³-hybridized carbons (Fsp3) is 0.300. The first-order chi connectivity index (χ1) is 12.6. The number of amides is 1. The number of benzene rings is 2. The molecular formula is C20H21N3O2S. The number of hydrogen-bond donors (Lipinski definition) is 1. The average Bonchev–Trinajstić information content (AvgIpc) is 3.00. The maximum absolute atomic E-state index is 12.8. The van der Waals surface area contributed by atoms with Crippen LogP contribution >= 0.6 is 11.3 Å². The van der Waals surface area contributed by atoms with Crippen molar-refractivity contribution < 1.29 is 9.53 Å². The van der Waals surface area contributed by atoms with Gasteiger partial charge in [0.2, 0.25) is 0 Å². The van der Waals surface area contributed by atoms with Gasteiger partial charge in [-0.25, -0.2) is 4.98 Å². The zero-order chi connectivity index (χ0) is 18.1. The second-order valence-electron chi connectivity index (χ2n) is 6.55. The molecule has 0 aliphatic carbocycles. The first-order valence-corrected chi connectivity index (χ1v) is 9.54. The lowest BCUT2D eigenvalue weighted by atomic mass is 9.99. The van der Waals surface area contributed by atoms with Gasteiger partial charge in [0.1, 0.15) is 4.88 Å². The van der Waals surface area contributed by atoms with Crippen molar-refractivity contribution in [2.45, 2.75) is 19.4 Å². The number of carbonyl (C=O) groups is 1. The van der Waals surface area contributed by atoms with Gasteiger partial charge in [-0.15, -0.1) is 0 Å². The predicted molar refractivity (Wildman–Crippen MR) is 105 cm³/mol. The van der Waals surface area contributed by atoms with Gasteiger partial charge in [-0.05, 0) is 23.3 Å². The second kappa shape index (κ2) is 7.05. The van der Waals surface area contributed by atoms with Crippen molar-refractivity contribution in [1.29, 1.82) is 0 Å². The van der Waals surface area contributed by atoms with E-state index in [1.165, 1.54) is 27.7 Å². The number of morpholine rings is 1. The van der Waals surface area contributed by atoms with E-state index in [1.807, 2.05) is 17.9 Å². The van der Waals surface area contributed by atoms with Crippen molar-refractivity contribution in [2.75, 3.05) is 25.4 Å². The molecule has 1 aliphatic heterocycles. The number of nitrogen functional groups attached to an aromatic ring is 1. The molecule has 6 heteroatoms. The van der Waals surface area contributed by atoms with E-state index in [4.69, 9.17) is 10.5 Å². The van der Waals surface area contributed by atoms with Crippen LogP contribution in [0.3, 0.4) is 0 Å². The summed E-state index contributed by atoms with van der Waals surface area (Å²) in [6.45, 7) is 3.56. The molecule has 0 spiro atoms. The van der Waals surface area contributed by atoms with E-state index in [0.29, 0.717) is 35.4 Å². The Kier molecular flexibility index (Phi) is 4.61. The van der Waals surface area contributed by atoms with Crippen LogP contribution in [-0.2, 0) is 11.2 Å². The summed E-state index contributed by atoms with van der Waals surface area (Å²) in [5.41, 5.74) is 7.69. The van der Waals surface area contributed by atoms with Gasteiger partial charge in [0.05, 0.1) is 18.4 Å². The molecule has 1 fully saturated rings. The van der Waals surface area contributed by atoms with E-state index in [-0.39, 0.29) is 12.0 Å². The number of nitrogens with zero attached hydrogens (tertiary/aromatic N) is 2. The molecule has 0 radical (unpaired) electrons. The Morgan fingerprint density at radius 3 is 2.92 bits per heavy atom. The number of fused-ring (bicyclic) bond motifs is 1. The lowest BCUT2D eigenvalue weighted by molar-refractivity contribution is -0.0205. The van der Waals surface area contributed by atoms with Gasteiger partial charge in [-0.3, -0.25) is 4.79 Å². The fourth-order valence-corrected chi connectivity index (χ4v) is 4.30. The van der Waals surface area contributed by atoms with Crippen LogP contribution in [0.1, 0.15) is 20.9 Å². The molecule has 4 rings (SSSR count). The number of rotatable bonds is 3. The Balaban J connectivity index is 1.52. The highest BCUT2D eigenvalue weighted by molar-refractivity contribution is 7.17. The van der Waals surface area contributed by atoms with Crippen LogP contribution in [0.15, 0.2) is 42.5 Å². The van der Waals surface area contributed by atoms with Crippen LogP contribution in [0.4, 0.5) is 5.13 Å². The summed E-state index contributed by atoms with van der Waals surface area (Å²) in [6.07, 6.45) is 0.777. The van der Waals surface area contributed by atoms with Crippen molar-refractivity contribution in [1.82, 2.24) is 9.88 Å². The summed E-state index contributed by atoms with van der Waals surface area (Å²) in [6, 6.07) is 14.7. The molecule has 2 N–H and O–H groups in total. The van der Waals surface area contributed by atoms with E-state index in [1.54, 1.807) is 0 Å². The number of anilines is 1. The maximum Gasteiger partial charge on any atom is 0.266 e. The molecular weight excluding hydrogens is 346 g/mol. The maximum atomic E-state index is 12.8. The van der Waals surface area contributed by atoms with Crippen LogP contribution in [0.2, 0.25) is 0 Å². The minimum absolute atomic E-state index is 0.00270. The molecule has 0 bridgehead atoms. The third kappa shape index (κ3) is 3.30. The standard InChI is InChI=1S/C20H21N3O2S/c1-13-18(26-20(21)22-13)19(24)23-9-10-25-16(12-23)11-15-7-4-6-14-5-2-3-8-17(14)15/h2-8,16H,9-12H2,1H3,(H2,21,22)/t16-/m1/s1. The Labute approximate surface area is 156 Å². The minimum atomic E-state index is -0.0101.